The Morgan fingerprint density at radius 2 is 0.524 bits per heavy atom. The third-order valence-corrected chi connectivity index (χ3v) is 35.4. The molecule has 0 aromatic heterocycles. The molecule has 0 bridgehead atoms. The Bertz CT molecular complexity index is 2350. The normalized spacial score (nSPS) is 135. The average molecular weight is 535 g/mol. The molecule has 0 heteroatoms. The molecule has 0 aromatic carbocycles. The van der Waals surface area contributed by atoms with E-state index < -0.39 is 0 Å². The lowest BCUT2D eigenvalue weighted by molar-refractivity contribution is -1.11. The minimum atomic E-state index is 0.902. The smallest absolute Gasteiger partial charge is 0.00502 e. The van der Waals surface area contributed by atoms with Crippen LogP contribution in [-0.2, 0) is 0 Å². The lowest BCUT2D eigenvalue weighted by Crippen LogP contribution is -3.55. The van der Waals surface area contributed by atoms with Crippen molar-refractivity contribution in [2.75, 3.05) is 0 Å². The van der Waals surface area contributed by atoms with Crippen molar-refractivity contribution in [3.63, 3.8) is 0 Å². The second-order valence-electron chi connectivity index (χ2n) is 26.8. The van der Waals surface area contributed by atoms with Gasteiger partial charge in [0.05, 0.1) is 0 Å². The van der Waals surface area contributed by atoms with E-state index in [9.17, 15) is 0 Å². The second-order valence-corrected chi connectivity index (χ2v) is 26.8. The zero-order chi connectivity index (χ0) is 24.0. The number of fused-ring (bicyclic) bond motifs is 18. The molecule has 0 aliphatic heterocycles. The van der Waals surface area contributed by atoms with Gasteiger partial charge in [-0.25, -0.2) is 0 Å². The summed E-state index contributed by atoms with van der Waals surface area (Å²) in [5.41, 5.74) is 19.3. The maximum atomic E-state index is 3.00. The highest BCUT2D eigenvalue weighted by Crippen LogP contribution is 3.58. The van der Waals surface area contributed by atoms with Crippen LogP contribution >= 0.6 is 0 Å². The van der Waals surface area contributed by atoms with Crippen LogP contribution in [0.4, 0.5) is 0 Å². The molecule has 38 unspecified atom stereocenters. The molecule has 198 valence electrons. The van der Waals surface area contributed by atoms with E-state index in [2.05, 4.69) is 13.8 Å². The molecule has 28 fully saturated rings. The lowest BCUT2D eigenvalue weighted by Gasteiger charge is -3.56. The first-order valence-electron chi connectivity index (χ1n) is 20.7. The van der Waals surface area contributed by atoms with Gasteiger partial charge >= 0.3 is 0 Å². The molecule has 0 radical (unpaired) electrons. The van der Waals surface area contributed by atoms with Gasteiger partial charge in [0.1, 0.15) is 0 Å². The van der Waals surface area contributed by atoms with Crippen LogP contribution in [0.5, 0.6) is 0 Å². The molecule has 0 heterocycles. The van der Waals surface area contributed by atoms with Crippen LogP contribution in [0.2, 0.25) is 0 Å². The molecular formula is C42H30. The van der Waals surface area contributed by atoms with Crippen molar-refractivity contribution in [2.24, 2.45) is 216 Å². The molecule has 0 N–H and O–H groups in total. The fraction of sp³-hybridized carbons (Fsp3) is 1.00. The van der Waals surface area contributed by atoms with E-state index in [1.165, 1.54) is 118 Å². The van der Waals surface area contributed by atoms with Crippen molar-refractivity contribution >= 4 is 0 Å². The Hall–Kier alpha value is 0. The Kier molecular flexibility index (Phi) is 0.801. The van der Waals surface area contributed by atoms with E-state index in [0.29, 0.717) is 0 Å². The van der Waals surface area contributed by atoms with Gasteiger partial charge in [0.2, 0.25) is 0 Å². The summed E-state index contributed by atoms with van der Waals surface area (Å²) in [6.07, 6.45) is 3.60. The fourth-order valence-corrected chi connectivity index (χ4v) is 43.6. The maximum Gasteiger partial charge on any atom is -0.00502 e. The highest BCUT2D eigenvalue weighted by atomic mass is 15.6. The summed E-state index contributed by atoms with van der Waals surface area (Å²) in [4.78, 5) is 0. The first-order chi connectivity index (χ1) is 20.7. The minimum absolute atomic E-state index is 0.902. The number of rotatable bonds is 0. The van der Waals surface area contributed by atoms with Gasteiger partial charge in [0, 0.05) is 0 Å². The monoisotopic (exact) mass is 534 g/mol. The first-order valence-corrected chi connectivity index (χ1v) is 20.7. The van der Waals surface area contributed by atoms with E-state index >= 15 is 0 Å². The Labute approximate surface area is 242 Å². The van der Waals surface area contributed by atoms with Crippen LogP contribution in [-0.4, -0.2) is 0 Å². The summed E-state index contributed by atoms with van der Waals surface area (Å²) >= 11 is 0. The second kappa shape index (κ2) is 2.27. The van der Waals surface area contributed by atoms with Crippen molar-refractivity contribution < 1.29 is 0 Å². The predicted octanol–water partition coefficient (Wildman–Crippen LogP) is 4.27. The van der Waals surface area contributed by atoms with Gasteiger partial charge in [-0.05, 0) is 229 Å². The molecule has 28 aliphatic rings. The lowest BCUT2D eigenvalue weighted by atomic mass is 8.46. The van der Waals surface area contributed by atoms with Gasteiger partial charge < -0.3 is 0 Å². The molecule has 16 spiro atoms. The summed E-state index contributed by atoms with van der Waals surface area (Å²) in [6.45, 7) is 6.00. The molecule has 28 aliphatic carbocycles. The number of hydrogen-bond donors (Lipinski definition) is 0. The molecule has 42 heavy (non-hydrogen) atoms. The highest BCUT2D eigenvalue weighted by molar-refractivity contribution is 6.01. The van der Waals surface area contributed by atoms with Gasteiger partial charge in [-0.15, -0.1) is 0 Å². The highest BCUT2D eigenvalue weighted by Gasteiger charge is 3.57. The molecular weight excluding hydrogens is 504 g/mol. The van der Waals surface area contributed by atoms with Crippen LogP contribution in [0, 0.1) is 216 Å². The summed E-state index contributed by atoms with van der Waals surface area (Å²) in [5, 5.41) is 0. The van der Waals surface area contributed by atoms with Crippen LogP contribution in [0.1, 0.15) is 26.7 Å². The first kappa shape index (κ1) is 14.8. The van der Waals surface area contributed by atoms with E-state index in [0.717, 1.165) is 97.5 Å². The SMILES string of the molecule is CC12C3C4C5C6C7C8C9C%10C%11C%12CC%13C%14CC%15C%16C%17C%18C%19C%20C%21C3C13C5(C42C)C61C%213C%202C71C81C93C%104C%115C%13%12C%14%15C%165C%174C%183C%1921. The maximum absolute atomic E-state index is 3.00. The van der Waals surface area contributed by atoms with Gasteiger partial charge in [0.25, 0.3) is 0 Å². The van der Waals surface area contributed by atoms with Crippen molar-refractivity contribution in [1.82, 2.24) is 0 Å². The van der Waals surface area contributed by atoms with E-state index in [1.54, 1.807) is 12.8 Å². The third-order valence-electron chi connectivity index (χ3n) is 35.4. The Morgan fingerprint density at radius 1 is 0.262 bits per heavy atom. The summed E-state index contributed by atoms with van der Waals surface area (Å²) < 4.78 is 0. The summed E-state index contributed by atoms with van der Waals surface area (Å²) in [6, 6.07) is 0. The predicted molar refractivity (Wildman–Crippen MR) is 134 cm³/mol. The zero-order valence-corrected chi connectivity index (χ0v) is 24.0. The van der Waals surface area contributed by atoms with Crippen molar-refractivity contribution in [3.8, 4) is 0 Å². The topological polar surface area (TPSA) is 0 Å². The third kappa shape index (κ3) is 0.337. The molecule has 0 nitrogen and oxygen atoms in total. The van der Waals surface area contributed by atoms with Gasteiger partial charge in [-0.3, -0.25) is 0 Å². The van der Waals surface area contributed by atoms with Crippen LogP contribution < -0.4 is 0 Å². The van der Waals surface area contributed by atoms with Crippen molar-refractivity contribution in [2.45, 2.75) is 26.7 Å². The van der Waals surface area contributed by atoms with Crippen molar-refractivity contribution in [1.29, 1.82) is 0 Å². The van der Waals surface area contributed by atoms with E-state index in [-0.39, 0.29) is 0 Å². The van der Waals surface area contributed by atoms with Gasteiger partial charge in [-0.1, -0.05) is 13.8 Å². The molecule has 0 amide bonds. The van der Waals surface area contributed by atoms with Crippen molar-refractivity contribution in [3.05, 3.63) is 0 Å². The van der Waals surface area contributed by atoms with Crippen LogP contribution in [0.15, 0.2) is 0 Å². The zero-order valence-electron chi connectivity index (χ0n) is 24.0. The van der Waals surface area contributed by atoms with Crippen LogP contribution in [0.3, 0.4) is 0 Å². The fourth-order valence-electron chi connectivity index (χ4n) is 43.6. The number of hydrogen-bond acceptors (Lipinski definition) is 0. The molecule has 28 rings (SSSR count). The molecule has 38 atom stereocenters. The molecule has 0 saturated heterocycles. The molecule has 0 aromatic rings. The Morgan fingerprint density at radius 3 is 0.881 bits per heavy atom. The van der Waals surface area contributed by atoms with Crippen LogP contribution in [0.25, 0.3) is 0 Å². The van der Waals surface area contributed by atoms with E-state index in [4.69, 9.17) is 0 Å². The largest absolute Gasteiger partial charge is 0.0582 e. The minimum Gasteiger partial charge on any atom is -0.0582 e. The summed E-state index contributed by atoms with van der Waals surface area (Å²) in [5.74, 6) is 27.3. The quantitative estimate of drug-likeness (QED) is 0.436. The summed E-state index contributed by atoms with van der Waals surface area (Å²) in [7, 11) is 0. The average Bonchev–Trinajstić information content (AvgIpc) is 2.86. The van der Waals surface area contributed by atoms with E-state index in [1.807, 2.05) is 0 Å². The Balaban J connectivity index is 0.878. The van der Waals surface area contributed by atoms with Gasteiger partial charge in [0.15, 0.2) is 0 Å². The standard InChI is InChI=1S/C42H30/c1-25-11-12-16-20-24-22-18-14-10-8-4-6-5-3-7-9-13-17-21-23-19-15(11)29(25)30(16,26(12,25)2)34(20)33(19,29)37(23)38(24,34)42(22)40(18)36(14)32(10)28(6,8)27(5,7)31(9,32)35(13,36)39(17,40)41(21,37)42/h5-24H,3-4H2,1-2H3. The van der Waals surface area contributed by atoms with Gasteiger partial charge in [-0.2, -0.15) is 0 Å². The molecule has 28 saturated carbocycles.